The van der Waals surface area contributed by atoms with Crippen molar-refractivity contribution in [1.82, 2.24) is 0 Å². The van der Waals surface area contributed by atoms with E-state index in [4.69, 9.17) is 0 Å². The van der Waals surface area contributed by atoms with Crippen LogP contribution in [-0.4, -0.2) is 18.5 Å². The lowest BCUT2D eigenvalue weighted by Gasteiger charge is -2.28. The Balaban J connectivity index is 1.97. The van der Waals surface area contributed by atoms with Crippen LogP contribution >= 0.6 is 7.92 Å². The SMILES string of the molecule is CCC(C)(C)CP(C/C=C/c1ccccc1)C/C=C/c1ccccc1. The molecule has 2 rings (SSSR count). The third kappa shape index (κ3) is 7.84. The van der Waals surface area contributed by atoms with E-state index in [2.05, 4.69) is 106 Å². The van der Waals surface area contributed by atoms with Crippen molar-refractivity contribution in [2.45, 2.75) is 27.2 Å². The lowest BCUT2D eigenvalue weighted by Crippen LogP contribution is -2.15. The fourth-order valence-corrected chi connectivity index (χ4v) is 5.37. The van der Waals surface area contributed by atoms with Crippen molar-refractivity contribution >= 4 is 20.1 Å². The van der Waals surface area contributed by atoms with Gasteiger partial charge < -0.3 is 0 Å². The van der Waals surface area contributed by atoms with E-state index in [0.29, 0.717) is 5.41 Å². The van der Waals surface area contributed by atoms with Crippen LogP contribution in [-0.2, 0) is 0 Å². The fourth-order valence-electron chi connectivity index (χ4n) is 2.72. The largest absolute Gasteiger partial charge is 0.0984 e. The molecule has 0 unspecified atom stereocenters. The Hall–Kier alpha value is -1.65. The molecule has 0 aliphatic heterocycles. The maximum absolute atomic E-state index is 2.41. The first-order chi connectivity index (χ1) is 12.1. The van der Waals surface area contributed by atoms with Gasteiger partial charge >= 0.3 is 0 Å². The lowest BCUT2D eigenvalue weighted by atomic mass is 9.93. The molecule has 0 radical (unpaired) electrons. The average Bonchev–Trinajstić information content (AvgIpc) is 2.63. The summed E-state index contributed by atoms with van der Waals surface area (Å²) in [7, 11) is -0.0206. The maximum atomic E-state index is 2.41. The van der Waals surface area contributed by atoms with Gasteiger partial charge in [0.2, 0.25) is 0 Å². The van der Waals surface area contributed by atoms with Gasteiger partial charge in [-0.15, -0.1) is 0 Å². The van der Waals surface area contributed by atoms with Crippen molar-refractivity contribution in [2.24, 2.45) is 5.41 Å². The van der Waals surface area contributed by atoms with Crippen LogP contribution in [0.5, 0.6) is 0 Å². The van der Waals surface area contributed by atoms with Gasteiger partial charge in [0.15, 0.2) is 0 Å². The number of hydrogen-bond donors (Lipinski definition) is 0. The molecule has 0 atom stereocenters. The van der Waals surface area contributed by atoms with Crippen molar-refractivity contribution < 1.29 is 0 Å². The minimum absolute atomic E-state index is 0.0206. The Kier molecular flexibility index (Phi) is 8.16. The van der Waals surface area contributed by atoms with E-state index in [-0.39, 0.29) is 7.92 Å². The minimum atomic E-state index is -0.0206. The van der Waals surface area contributed by atoms with Crippen LogP contribution in [0.1, 0.15) is 38.3 Å². The molecular weight excluding hydrogens is 319 g/mol. The van der Waals surface area contributed by atoms with Gasteiger partial charge in [-0.1, -0.05) is 120 Å². The highest BCUT2D eigenvalue weighted by Crippen LogP contribution is 2.43. The Morgan fingerprint density at radius 1 is 0.760 bits per heavy atom. The van der Waals surface area contributed by atoms with Gasteiger partial charge in [0.25, 0.3) is 0 Å². The molecule has 0 bridgehead atoms. The van der Waals surface area contributed by atoms with E-state index in [1.807, 2.05) is 0 Å². The molecule has 1 heteroatoms. The van der Waals surface area contributed by atoms with Gasteiger partial charge in [0.05, 0.1) is 0 Å². The summed E-state index contributed by atoms with van der Waals surface area (Å²) in [6, 6.07) is 21.2. The van der Waals surface area contributed by atoms with E-state index in [9.17, 15) is 0 Å². The topological polar surface area (TPSA) is 0 Å². The summed E-state index contributed by atoms with van der Waals surface area (Å²) in [5, 5.41) is 0. The van der Waals surface area contributed by atoms with E-state index >= 15 is 0 Å². The van der Waals surface area contributed by atoms with Crippen molar-refractivity contribution in [1.29, 1.82) is 0 Å². The van der Waals surface area contributed by atoms with E-state index in [0.717, 1.165) is 0 Å². The third-order valence-electron chi connectivity index (χ3n) is 4.56. The van der Waals surface area contributed by atoms with Gasteiger partial charge in [-0.2, -0.15) is 0 Å². The molecule has 2 aromatic rings. The van der Waals surface area contributed by atoms with E-state index in [1.165, 1.54) is 36.0 Å². The summed E-state index contributed by atoms with van der Waals surface area (Å²) >= 11 is 0. The molecule has 0 fully saturated rings. The van der Waals surface area contributed by atoms with Crippen molar-refractivity contribution in [2.75, 3.05) is 18.5 Å². The van der Waals surface area contributed by atoms with Gasteiger partial charge in [0, 0.05) is 0 Å². The zero-order chi connectivity index (χ0) is 18.0. The van der Waals surface area contributed by atoms with Crippen molar-refractivity contribution in [3.05, 3.63) is 83.9 Å². The standard InChI is InChI=1S/C24H31P/c1-4-24(2,3)21-25(19-11-17-22-13-7-5-8-14-22)20-12-18-23-15-9-6-10-16-23/h5-18H,4,19-21H2,1-3H3/b17-11+,18-12+. The van der Waals surface area contributed by atoms with Gasteiger partial charge in [0.1, 0.15) is 0 Å². The van der Waals surface area contributed by atoms with Crippen LogP contribution in [0, 0.1) is 5.41 Å². The summed E-state index contributed by atoms with van der Waals surface area (Å²) in [5.41, 5.74) is 3.03. The molecule has 0 aliphatic carbocycles. The smallest absolute Gasteiger partial charge is 0.0138 e. The molecule has 0 nitrogen and oxygen atoms in total. The molecular formula is C24H31P. The molecule has 0 saturated heterocycles. The quantitative estimate of drug-likeness (QED) is 0.415. The second-order valence-electron chi connectivity index (χ2n) is 7.34. The summed E-state index contributed by atoms with van der Waals surface area (Å²) in [6.45, 7) is 7.13. The van der Waals surface area contributed by atoms with Crippen molar-refractivity contribution in [3.8, 4) is 0 Å². The Labute approximate surface area is 155 Å². The maximum Gasteiger partial charge on any atom is -0.0138 e. The number of benzene rings is 2. The molecule has 0 spiro atoms. The highest BCUT2D eigenvalue weighted by molar-refractivity contribution is 7.58. The second-order valence-corrected chi connectivity index (χ2v) is 9.73. The van der Waals surface area contributed by atoms with Crippen LogP contribution in [0.25, 0.3) is 12.2 Å². The highest BCUT2D eigenvalue weighted by atomic mass is 31.1. The Bertz CT molecular complexity index is 602. The molecule has 0 saturated carbocycles. The van der Waals surface area contributed by atoms with Crippen LogP contribution < -0.4 is 0 Å². The predicted octanol–water partition coefficient (Wildman–Crippen LogP) is 7.33. The molecule has 0 N–H and O–H groups in total. The summed E-state index contributed by atoms with van der Waals surface area (Å²) in [4.78, 5) is 0. The second kappa shape index (κ2) is 10.4. The highest BCUT2D eigenvalue weighted by Gasteiger charge is 2.19. The summed E-state index contributed by atoms with van der Waals surface area (Å²) in [5.74, 6) is 0. The monoisotopic (exact) mass is 350 g/mol. The fraction of sp³-hybridized carbons (Fsp3) is 0.333. The first-order valence-corrected chi connectivity index (χ1v) is 11.1. The first-order valence-electron chi connectivity index (χ1n) is 9.24. The van der Waals surface area contributed by atoms with Crippen LogP contribution in [0.4, 0.5) is 0 Å². The zero-order valence-corrected chi connectivity index (χ0v) is 16.8. The molecule has 0 aromatic heterocycles. The zero-order valence-electron chi connectivity index (χ0n) is 15.9. The minimum Gasteiger partial charge on any atom is -0.0984 e. The van der Waals surface area contributed by atoms with Gasteiger partial charge in [-0.25, -0.2) is 0 Å². The average molecular weight is 350 g/mol. The molecule has 132 valence electrons. The first kappa shape index (κ1) is 19.7. The van der Waals surface area contributed by atoms with E-state index in [1.54, 1.807) is 0 Å². The summed E-state index contributed by atoms with van der Waals surface area (Å²) in [6.07, 6.45) is 14.3. The van der Waals surface area contributed by atoms with Crippen molar-refractivity contribution in [3.63, 3.8) is 0 Å². The normalized spacial score (nSPS) is 12.5. The predicted molar refractivity (Wildman–Crippen MR) is 117 cm³/mol. The number of hydrogen-bond acceptors (Lipinski definition) is 0. The Morgan fingerprint density at radius 2 is 1.20 bits per heavy atom. The van der Waals surface area contributed by atoms with Gasteiger partial charge in [-0.05, 0) is 35.0 Å². The molecule has 2 aromatic carbocycles. The van der Waals surface area contributed by atoms with Crippen LogP contribution in [0.15, 0.2) is 72.8 Å². The Morgan fingerprint density at radius 3 is 1.60 bits per heavy atom. The number of allylic oxidation sites excluding steroid dienone is 2. The third-order valence-corrected chi connectivity index (χ3v) is 7.31. The van der Waals surface area contributed by atoms with E-state index < -0.39 is 0 Å². The molecule has 0 amide bonds. The number of rotatable bonds is 9. The molecule has 0 heterocycles. The van der Waals surface area contributed by atoms with Gasteiger partial charge in [-0.3, -0.25) is 0 Å². The lowest BCUT2D eigenvalue weighted by molar-refractivity contribution is 0.405. The summed E-state index contributed by atoms with van der Waals surface area (Å²) < 4.78 is 0. The van der Waals surface area contributed by atoms with Crippen LogP contribution in [0.2, 0.25) is 0 Å². The molecule has 25 heavy (non-hydrogen) atoms. The molecule has 0 aliphatic rings. The van der Waals surface area contributed by atoms with Crippen LogP contribution in [0.3, 0.4) is 0 Å².